The Hall–Kier alpha value is -4.05. The molecule has 32 heavy (non-hydrogen) atoms. The van der Waals surface area contributed by atoms with E-state index in [0.29, 0.717) is 34.5 Å². The zero-order chi connectivity index (χ0) is 22.7. The van der Waals surface area contributed by atoms with Gasteiger partial charge in [-0.25, -0.2) is 18.4 Å². The van der Waals surface area contributed by atoms with Gasteiger partial charge in [0.15, 0.2) is 5.78 Å². The van der Waals surface area contributed by atoms with Gasteiger partial charge in [0.2, 0.25) is 5.88 Å². The molecule has 0 aliphatic carbocycles. The lowest BCUT2D eigenvalue weighted by molar-refractivity contribution is 0.101. The van der Waals surface area contributed by atoms with Gasteiger partial charge in [-0.3, -0.25) is 14.1 Å². The highest BCUT2D eigenvalue weighted by atomic mass is 32.2. The van der Waals surface area contributed by atoms with E-state index >= 15 is 0 Å². The molecule has 0 unspecified atom stereocenters. The Morgan fingerprint density at radius 1 is 1.06 bits per heavy atom. The van der Waals surface area contributed by atoms with Crippen LogP contribution in [0, 0.1) is 6.92 Å². The number of benzene rings is 2. The van der Waals surface area contributed by atoms with Crippen LogP contribution in [0.4, 0.5) is 5.69 Å². The van der Waals surface area contributed by atoms with Gasteiger partial charge < -0.3 is 4.74 Å². The molecule has 2 aromatic carbocycles. The monoisotopic (exact) mass is 449 g/mol. The van der Waals surface area contributed by atoms with Crippen molar-refractivity contribution < 1.29 is 17.9 Å². The molecule has 4 rings (SSSR count). The molecule has 10 heteroatoms. The first kappa shape index (κ1) is 21.2. The minimum absolute atomic E-state index is 0.00835. The second kappa shape index (κ2) is 8.60. The van der Waals surface area contributed by atoms with Crippen molar-refractivity contribution in [3.8, 4) is 17.4 Å². The molecule has 0 aliphatic heterocycles. The van der Waals surface area contributed by atoms with Crippen molar-refractivity contribution in [2.75, 3.05) is 4.72 Å². The molecule has 0 saturated heterocycles. The predicted octanol–water partition coefficient (Wildman–Crippen LogP) is 3.77. The summed E-state index contributed by atoms with van der Waals surface area (Å²) < 4.78 is 35.4. The normalized spacial score (nSPS) is 11.2. The average Bonchev–Trinajstić information content (AvgIpc) is 3.30. The van der Waals surface area contributed by atoms with E-state index in [9.17, 15) is 13.2 Å². The third kappa shape index (κ3) is 4.81. The fraction of sp³-hybridized carbons (Fsp3) is 0.0909. The van der Waals surface area contributed by atoms with Crippen LogP contribution in [0.5, 0.6) is 11.6 Å². The number of Topliss-reactive ketones (excluding diaryl/α,β-unsaturated/α-hetero) is 1. The van der Waals surface area contributed by atoms with Crippen LogP contribution in [-0.4, -0.2) is 33.7 Å². The van der Waals surface area contributed by atoms with Crippen molar-refractivity contribution >= 4 is 21.5 Å². The van der Waals surface area contributed by atoms with Crippen LogP contribution in [0.1, 0.15) is 23.1 Å². The van der Waals surface area contributed by atoms with Crippen LogP contribution in [0.3, 0.4) is 0 Å². The van der Waals surface area contributed by atoms with Crippen molar-refractivity contribution in [2.24, 2.45) is 0 Å². The molecule has 9 nitrogen and oxygen atoms in total. The molecular formula is C22H19N5O4S. The Morgan fingerprint density at radius 2 is 1.84 bits per heavy atom. The van der Waals surface area contributed by atoms with Crippen LogP contribution in [0.2, 0.25) is 0 Å². The number of ketones is 1. The van der Waals surface area contributed by atoms with Gasteiger partial charge in [0.25, 0.3) is 10.0 Å². The summed E-state index contributed by atoms with van der Waals surface area (Å²) in [4.78, 5) is 24.2. The second-order valence-electron chi connectivity index (χ2n) is 6.90. The summed E-state index contributed by atoms with van der Waals surface area (Å²) in [7, 11) is -3.85. The Labute approximate surface area is 184 Å². The molecule has 2 heterocycles. The zero-order valence-electron chi connectivity index (χ0n) is 17.3. The maximum absolute atomic E-state index is 12.7. The summed E-state index contributed by atoms with van der Waals surface area (Å²) in [6.07, 6.45) is 5.03. The number of carbonyl (C=O) groups is 1. The molecule has 162 valence electrons. The van der Waals surface area contributed by atoms with Crippen LogP contribution in [0.15, 0.2) is 78.2 Å². The van der Waals surface area contributed by atoms with Crippen LogP contribution in [0.25, 0.3) is 5.82 Å². The van der Waals surface area contributed by atoms with E-state index in [-0.39, 0.29) is 10.7 Å². The zero-order valence-corrected chi connectivity index (χ0v) is 18.1. The molecular weight excluding hydrogens is 430 g/mol. The summed E-state index contributed by atoms with van der Waals surface area (Å²) >= 11 is 0. The fourth-order valence-corrected chi connectivity index (χ4v) is 4.02. The minimum atomic E-state index is -3.85. The number of imidazole rings is 1. The van der Waals surface area contributed by atoms with Gasteiger partial charge in [0, 0.05) is 29.7 Å². The number of ether oxygens (including phenoxy) is 1. The van der Waals surface area contributed by atoms with E-state index in [2.05, 4.69) is 19.7 Å². The molecule has 0 saturated carbocycles. The molecule has 0 radical (unpaired) electrons. The van der Waals surface area contributed by atoms with Gasteiger partial charge in [-0.1, -0.05) is 12.1 Å². The first-order valence-electron chi connectivity index (χ1n) is 9.56. The molecule has 2 aromatic heterocycles. The summed E-state index contributed by atoms with van der Waals surface area (Å²) in [5.41, 5.74) is 0.676. The number of hydrogen-bond donors (Lipinski definition) is 1. The highest BCUT2D eigenvalue weighted by Crippen LogP contribution is 2.24. The van der Waals surface area contributed by atoms with Gasteiger partial charge in [-0.05, 0) is 50.2 Å². The summed E-state index contributed by atoms with van der Waals surface area (Å²) in [5, 5.41) is 0. The van der Waals surface area contributed by atoms with Gasteiger partial charge in [0.05, 0.1) is 4.90 Å². The lowest BCUT2D eigenvalue weighted by Gasteiger charge is -2.11. The van der Waals surface area contributed by atoms with Gasteiger partial charge >= 0.3 is 0 Å². The van der Waals surface area contributed by atoms with Gasteiger partial charge in [-0.2, -0.15) is 4.98 Å². The Balaban J connectivity index is 1.50. The highest BCUT2D eigenvalue weighted by Gasteiger charge is 2.16. The van der Waals surface area contributed by atoms with Gasteiger partial charge in [0.1, 0.15) is 23.7 Å². The number of nitrogens with zero attached hydrogens (tertiary/aromatic N) is 4. The van der Waals surface area contributed by atoms with E-state index in [0.717, 1.165) is 0 Å². The molecule has 0 spiro atoms. The second-order valence-corrected chi connectivity index (χ2v) is 8.58. The largest absolute Gasteiger partial charge is 0.439 e. The molecule has 0 amide bonds. The first-order chi connectivity index (χ1) is 15.3. The van der Waals surface area contributed by atoms with Crippen molar-refractivity contribution in [3.63, 3.8) is 0 Å². The smallest absolute Gasteiger partial charge is 0.261 e. The topological polar surface area (TPSA) is 116 Å². The predicted molar refractivity (Wildman–Crippen MR) is 118 cm³/mol. The molecule has 0 atom stereocenters. The summed E-state index contributed by atoms with van der Waals surface area (Å²) in [5.74, 6) is 1.75. The number of rotatable bonds is 7. The first-order valence-corrected chi connectivity index (χ1v) is 11.0. The number of hydrogen-bond acceptors (Lipinski definition) is 7. The number of anilines is 1. The van der Waals surface area contributed by atoms with Crippen molar-refractivity contribution in [1.82, 2.24) is 19.5 Å². The molecule has 0 fully saturated rings. The third-order valence-electron chi connectivity index (χ3n) is 4.45. The molecule has 1 N–H and O–H groups in total. The van der Waals surface area contributed by atoms with Crippen LogP contribution < -0.4 is 9.46 Å². The number of aryl methyl sites for hydroxylation is 1. The summed E-state index contributed by atoms with van der Waals surface area (Å²) in [6, 6.07) is 14.0. The maximum atomic E-state index is 12.7. The van der Waals surface area contributed by atoms with E-state index in [1.807, 2.05) is 0 Å². The maximum Gasteiger partial charge on any atom is 0.261 e. The minimum Gasteiger partial charge on any atom is -0.439 e. The summed E-state index contributed by atoms with van der Waals surface area (Å²) in [6.45, 7) is 3.14. The third-order valence-corrected chi connectivity index (χ3v) is 5.83. The Morgan fingerprint density at radius 3 is 2.53 bits per heavy atom. The Bertz CT molecular complexity index is 1370. The van der Waals surface area contributed by atoms with E-state index in [4.69, 9.17) is 4.74 Å². The Kier molecular flexibility index (Phi) is 5.69. The van der Waals surface area contributed by atoms with E-state index < -0.39 is 10.0 Å². The number of carbonyl (C=O) groups excluding carboxylic acids is 1. The van der Waals surface area contributed by atoms with E-state index in [1.54, 1.807) is 66.6 Å². The number of nitrogens with one attached hydrogen (secondary N) is 1. The van der Waals surface area contributed by atoms with Crippen molar-refractivity contribution in [3.05, 3.63) is 84.7 Å². The number of aromatic nitrogens is 4. The SMILES string of the molecule is CC(=O)c1cccc(S(=O)(=O)Nc2ccc(Oc3cc(-n4ccnc4)nc(C)n3)cc2)c1. The van der Waals surface area contributed by atoms with Crippen LogP contribution in [-0.2, 0) is 10.0 Å². The lowest BCUT2D eigenvalue weighted by Crippen LogP contribution is -2.13. The van der Waals surface area contributed by atoms with Crippen molar-refractivity contribution in [2.45, 2.75) is 18.7 Å². The molecule has 0 aliphatic rings. The van der Waals surface area contributed by atoms with Crippen LogP contribution >= 0.6 is 0 Å². The molecule has 4 aromatic rings. The fourth-order valence-electron chi connectivity index (χ4n) is 2.91. The van der Waals surface area contributed by atoms with E-state index in [1.165, 1.54) is 25.1 Å². The number of sulfonamides is 1. The molecule has 0 bridgehead atoms. The average molecular weight is 449 g/mol. The quantitative estimate of drug-likeness (QED) is 0.427. The van der Waals surface area contributed by atoms with Crippen molar-refractivity contribution in [1.29, 1.82) is 0 Å². The standard InChI is InChI=1S/C22H19N5O4S/c1-15(28)17-4-3-5-20(12-17)32(29,30)26-18-6-8-19(9-7-18)31-22-13-21(24-16(2)25-22)27-11-10-23-14-27/h3-14,26H,1-2H3. The highest BCUT2D eigenvalue weighted by molar-refractivity contribution is 7.92. The lowest BCUT2D eigenvalue weighted by atomic mass is 10.2. The van der Waals surface area contributed by atoms with Gasteiger partial charge in [-0.15, -0.1) is 0 Å².